The van der Waals surface area contributed by atoms with Crippen LogP contribution in [0, 0.1) is 11.6 Å². The Bertz CT molecular complexity index is 1090. The summed E-state index contributed by atoms with van der Waals surface area (Å²) in [5.41, 5.74) is 1.15. The van der Waals surface area contributed by atoms with E-state index >= 15 is 0 Å². The summed E-state index contributed by atoms with van der Waals surface area (Å²) in [6.07, 6.45) is 0.332. The molecule has 30 heavy (non-hydrogen) atoms. The Morgan fingerprint density at radius 1 is 0.767 bits per heavy atom. The second-order valence-electron chi connectivity index (χ2n) is 8.01. The molecule has 0 aromatic heterocycles. The van der Waals surface area contributed by atoms with Gasteiger partial charge in [0.05, 0.1) is 5.41 Å². The zero-order valence-corrected chi connectivity index (χ0v) is 16.1. The quantitative estimate of drug-likeness (QED) is 0.648. The van der Waals surface area contributed by atoms with Crippen molar-refractivity contribution >= 4 is 17.4 Å². The molecular weight excluding hydrogens is 384 g/mol. The summed E-state index contributed by atoms with van der Waals surface area (Å²) in [5.74, 6) is -3.26. The van der Waals surface area contributed by atoms with Crippen molar-refractivity contribution in [1.29, 1.82) is 0 Å². The van der Waals surface area contributed by atoms with Crippen LogP contribution in [0.2, 0.25) is 0 Å². The van der Waals surface area contributed by atoms with Crippen LogP contribution in [-0.4, -0.2) is 11.7 Å². The number of amides is 1. The highest BCUT2D eigenvalue weighted by Crippen LogP contribution is 2.60. The van der Waals surface area contributed by atoms with Crippen LogP contribution in [0.15, 0.2) is 72.8 Å². The van der Waals surface area contributed by atoms with Gasteiger partial charge in [-0.3, -0.25) is 9.59 Å². The highest BCUT2D eigenvalue weighted by Gasteiger charge is 2.60. The van der Waals surface area contributed by atoms with Gasteiger partial charge in [0.1, 0.15) is 5.78 Å². The molecule has 3 aromatic rings. The Kier molecular flexibility index (Phi) is 4.28. The standard InChI is InChI=1S/C25H19F2NO2/c26-21-13-20-23(14-22(21)27)28-24(30)25(20)18(15-7-3-1-4-8-15)11-17(29)12-19(25)16-9-5-2-6-10-16/h1-10,13-14,18-19H,11-12H2,(H,28,30)/t18-,19-/m0/s1. The number of carbonyl (C=O) groups is 2. The van der Waals surface area contributed by atoms with Crippen LogP contribution in [0.4, 0.5) is 14.5 Å². The van der Waals surface area contributed by atoms with Crippen molar-refractivity contribution in [1.82, 2.24) is 0 Å². The van der Waals surface area contributed by atoms with E-state index in [-0.39, 0.29) is 30.2 Å². The number of halogens is 2. The van der Waals surface area contributed by atoms with Crippen molar-refractivity contribution in [2.75, 3.05) is 5.32 Å². The van der Waals surface area contributed by atoms with Crippen molar-refractivity contribution in [2.45, 2.75) is 30.1 Å². The Balaban J connectivity index is 1.82. The molecule has 1 heterocycles. The molecule has 2 aliphatic rings. The minimum atomic E-state index is -1.21. The Labute approximate surface area is 172 Å². The molecule has 0 bridgehead atoms. The average Bonchev–Trinajstić information content (AvgIpc) is 3.03. The van der Waals surface area contributed by atoms with E-state index in [2.05, 4.69) is 5.32 Å². The number of Topliss-reactive ketones (excluding diaryl/α,β-unsaturated/α-hetero) is 1. The van der Waals surface area contributed by atoms with E-state index in [9.17, 15) is 18.4 Å². The third kappa shape index (κ3) is 2.61. The molecular formula is C25H19F2NO2. The molecule has 5 heteroatoms. The van der Waals surface area contributed by atoms with Crippen LogP contribution < -0.4 is 5.32 Å². The molecule has 1 saturated carbocycles. The van der Waals surface area contributed by atoms with Crippen molar-refractivity contribution < 1.29 is 18.4 Å². The van der Waals surface area contributed by atoms with Crippen molar-refractivity contribution in [3.05, 3.63) is 101 Å². The average molecular weight is 403 g/mol. The van der Waals surface area contributed by atoms with Gasteiger partial charge in [0, 0.05) is 36.4 Å². The largest absolute Gasteiger partial charge is 0.325 e. The number of fused-ring (bicyclic) bond motifs is 2. The van der Waals surface area contributed by atoms with E-state index in [1.54, 1.807) is 0 Å². The fourth-order valence-corrected chi connectivity index (χ4v) is 5.27. The first kappa shape index (κ1) is 18.7. The molecule has 1 fully saturated rings. The van der Waals surface area contributed by atoms with Gasteiger partial charge in [0.25, 0.3) is 0 Å². The molecule has 1 aliphatic carbocycles. The lowest BCUT2D eigenvalue weighted by atomic mass is 9.54. The molecule has 1 amide bonds. The lowest BCUT2D eigenvalue weighted by Crippen LogP contribution is -2.50. The van der Waals surface area contributed by atoms with Crippen molar-refractivity contribution in [3.8, 4) is 0 Å². The number of carbonyl (C=O) groups excluding carboxylic acids is 2. The normalized spacial score (nSPS) is 22.1. The number of hydrogen-bond acceptors (Lipinski definition) is 2. The van der Waals surface area contributed by atoms with Crippen molar-refractivity contribution in [3.63, 3.8) is 0 Å². The second-order valence-corrected chi connectivity index (χ2v) is 8.01. The van der Waals surface area contributed by atoms with Crippen LogP contribution in [0.1, 0.15) is 41.4 Å². The molecule has 3 aromatic carbocycles. The van der Waals surface area contributed by atoms with E-state index in [1.807, 2.05) is 60.7 Å². The summed E-state index contributed by atoms with van der Waals surface area (Å²) >= 11 is 0. The molecule has 5 rings (SSSR count). The summed E-state index contributed by atoms with van der Waals surface area (Å²) in [5, 5.41) is 2.78. The fraction of sp³-hybridized carbons (Fsp3) is 0.200. The molecule has 1 spiro atoms. The number of hydrogen-bond donors (Lipinski definition) is 1. The molecule has 0 unspecified atom stereocenters. The first-order chi connectivity index (χ1) is 14.5. The Hall–Kier alpha value is -3.34. The lowest BCUT2D eigenvalue weighted by Gasteiger charge is -2.46. The van der Waals surface area contributed by atoms with E-state index in [1.165, 1.54) is 0 Å². The van der Waals surface area contributed by atoms with E-state index in [4.69, 9.17) is 0 Å². The SMILES string of the molecule is O=C1C[C@@H](c2ccccc2)C2(C(=O)Nc3cc(F)c(F)cc32)[C@H](c2ccccc2)C1. The zero-order chi connectivity index (χ0) is 20.9. The van der Waals surface area contributed by atoms with Crippen LogP contribution >= 0.6 is 0 Å². The molecule has 1 N–H and O–H groups in total. The van der Waals surface area contributed by atoms with Gasteiger partial charge in [0.15, 0.2) is 11.6 Å². The Morgan fingerprint density at radius 3 is 1.80 bits per heavy atom. The first-order valence-electron chi connectivity index (χ1n) is 9.94. The smallest absolute Gasteiger partial charge is 0.236 e. The van der Waals surface area contributed by atoms with Gasteiger partial charge < -0.3 is 5.32 Å². The first-order valence-corrected chi connectivity index (χ1v) is 9.94. The number of anilines is 1. The van der Waals surface area contributed by atoms with E-state index in [0.717, 1.165) is 23.3 Å². The summed E-state index contributed by atoms with van der Waals surface area (Å²) in [6.45, 7) is 0. The monoisotopic (exact) mass is 403 g/mol. The predicted molar refractivity (Wildman–Crippen MR) is 109 cm³/mol. The van der Waals surface area contributed by atoms with Gasteiger partial charge in [-0.25, -0.2) is 8.78 Å². The number of rotatable bonds is 2. The molecule has 0 radical (unpaired) electrons. The van der Waals surface area contributed by atoms with Crippen LogP contribution in [0.3, 0.4) is 0 Å². The van der Waals surface area contributed by atoms with Crippen LogP contribution in [0.25, 0.3) is 0 Å². The zero-order valence-electron chi connectivity index (χ0n) is 16.1. The minimum absolute atomic E-state index is 0.0483. The number of nitrogens with one attached hydrogen (secondary N) is 1. The van der Waals surface area contributed by atoms with Gasteiger partial charge in [-0.1, -0.05) is 60.7 Å². The predicted octanol–water partition coefficient (Wildman–Crippen LogP) is 5.09. The molecule has 3 nitrogen and oxygen atoms in total. The van der Waals surface area contributed by atoms with Gasteiger partial charge in [-0.15, -0.1) is 0 Å². The van der Waals surface area contributed by atoms with Gasteiger partial charge in [0.2, 0.25) is 5.91 Å². The fourth-order valence-electron chi connectivity index (χ4n) is 5.27. The Morgan fingerprint density at radius 2 is 1.27 bits per heavy atom. The maximum atomic E-state index is 14.4. The summed E-state index contributed by atoms with van der Waals surface area (Å²) in [7, 11) is 0. The summed E-state index contributed by atoms with van der Waals surface area (Å²) in [4.78, 5) is 26.5. The van der Waals surface area contributed by atoms with Crippen LogP contribution in [0.5, 0.6) is 0 Å². The molecule has 1 aliphatic heterocycles. The summed E-state index contributed by atoms with van der Waals surface area (Å²) < 4.78 is 28.4. The van der Waals surface area contributed by atoms with E-state index in [0.29, 0.717) is 5.56 Å². The van der Waals surface area contributed by atoms with Crippen LogP contribution in [-0.2, 0) is 15.0 Å². The molecule has 2 atom stereocenters. The maximum Gasteiger partial charge on any atom is 0.236 e. The maximum absolute atomic E-state index is 14.4. The highest BCUT2D eigenvalue weighted by atomic mass is 19.2. The minimum Gasteiger partial charge on any atom is -0.325 e. The second kappa shape index (κ2) is 6.87. The summed E-state index contributed by atoms with van der Waals surface area (Å²) in [6, 6.07) is 20.9. The third-order valence-electron chi connectivity index (χ3n) is 6.50. The molecule has 0 saturated heterocycles. The topological polar surface area (TPSA) is 46.2 Å². The third-order valence-corrected chi connectivity index (χ3v) is 6.50. The van der Waals surface area contributed by atoms with E-state index < -0.39 is 28.9 Å². The van der Waals surface area contributed by atoms with Gasteiger partial charge >= 0.3 is 0 Å². The molecule has 150 valence electrons. The van der Waals surface area contributed by atoms with Gasteiger partial charge in [-0.2, -0.15) is 0 Å². The lowest BCUT2D eigenvalue weighted by molar-refractivity contribution is -0.128. The number of ketones is 1. The number of benzene rings is 3. The van der Waals surface area contributed by atoms with Gasteiger partial charge in [-0.05, 0) is 22.8 Å². The van der Waals surface area contributed by atoms with Crippen molar-refractivity contribution in [2.24, 2.45) is 0 Å². The highest BCUT2D eigenvalue weighted by molar-refractivity contribution is 6.09.